The summed E-state index contributed by atoms with van der Waals surface area (Å²) in [6.45, 7) is 3.25. The fourth-order valence-corrected chi connectivity index (χ4v) is 3.41. The number of halogens is 1. The zero-order chi connectivity index (χ0) is 14.5. The Labute approximate surface area is 130 Å². The monoisotopic (exact) mass is 340 g/mol. The number of rotatable bonds is 5. The van der Waals surface area contributed by atoms with E-state index in [4.69, 9.17) is 0 Å². The first kappa shape index (κ1) is 16.0. The van der Waals surface area contributed by atoms with Crippen LogP contribution in [0.4, 0.5) is 0 Å². The van der Waals surface area contributed by atoms with Gasteiger partial charge < -0.3 is 14.9 Å². The van der Waals surface area contributed by atoms with Gasteiger partial charge in [-0.3, -0.25) is 0 Å². The number of benzene rings is 1. The maximum Gasteiger partial charge on any atom is 0.0813 e. The Morgan fingerprint density at radius 3 is 2.85 bits per heavy atom. The van der Waals surface area contributed by atoms with Gasteiger partial charge in [0.2, 0.25) is 0 Å². The lowest BCUT2D eigenvalue weighted by atomic mass is 10.0. The average molecular weight is 341 g/mol. The number of likely N-dealkylation sites (tertiary alicyclic amines) is 1. The van der Waals surface area contributed by atoms with Crippen molar-refractivity contribution in [3.8, 4) is 0 Å². The van der Waals surface area contributed by atoms with Crippen LogP contribution in [0.1, 0.15) is 30.9 Å². The van der Waals surface area contributed by atoms with Crippen LogP contribution in [0.3, 0.4) is 0 Å². The summed E-state index contributed by atoms with van der Waals surface area (Å²) in [6.07, 6.45) is 2.96. The number of piperidine rings is 1. The molecule has 4 heteroatoms. The van der Waals surface area contributed by atoms with Gasteiger partial charge in [-0.1, -0.05) is 34.1 Å². The van der Waals surface area contributed by atoms with Crippen molar-refractivity contribution in [3.63, 3.8) is 0 Å². The Hall–Kier alpha value is -0.420. The Bertz CT molecular complexity index is 425. The maximum absolute atomic E-state index is 10.3. The van der Waals surface area contributed by atoms with E-state index in [1.807, 2.05) is 24.3 Å². The highest BCUT2D eigenvalue weighted by atomic mass is 79.9. The molecule has 20 heavy (non-hydrogen) atoms. The van der Waals surface area contributed by atoms with Crippen LogP contribution in [0.2, 0.25) is 0 Å². The van der Waals surface area contributed by atoms with Gasteiger partial charge in [-0.15, -0.1) is 0 Å². The van der Waals surface area contributed by atoms with Crippen molar-refractivity contribution in [1.29, 1.82) is 0 Å². The first-order chi connectivity index (χ1) is 9.58. The Balaban J connectivity index is 1.84. The number of hydrogen-bond donors (Lipinski definition) is 1. The molecule has 1 saturated heterocycles. The highest BCUT2D eigenvalue weighted by Crippen LogP contribution is 2.26. The molecule has 0 spiro atoms. The molecular formula is C16H25BrN2O. The van der Waals surface area contributed by atoms with Gasteiger partial charge in [-0.2, -0.15) is 0 Å². The molecule has 0 saturated carbocycles. The molecule has 0 radical (unpaired) electrons. The van der Waals surface area contributed by atoms with E-state index in [-0.39, 0.29) is 6.10 Å². The summed E-state index contributed by atoms with van der Waals surface area (Å²) in [5, 5.41) is 10.3. The highest BCUT2D eigenvalue weighted by molar-refractivity contribution is 9.10. The molecule has 0 aliphatic carbocycles. The molecule has 0 aromatic heterocycles. The molecule has 1 aliphatic heterocycles. The van der Waals surface area contributed by atoms with Crippen LogP contribution < -0.4 is 0 Å². The number of nitrogens with zero attached hydrogens (tertiary/aromatic N) is 2. The molecule has 2 atom stereocenters. The molecule has 112 valence electrons. The highest BCUT2D eigenvalue weighted by Gasteiger charge is 2.22. The Morgan fingerprint density at radius 2 is 2.15 bits per heavy atom. The van der Waals surface area contributed by atoms with Crippen molar-refractivity contribution in [3.05, 3.63) is 34.3 Å². The van der Waals surface area contributed by atoms with Gasteiger partial charge in [-0.05, 0) is 51.5 Å². The van der Waals surface area contributed by atoms with Crippen LogP contribution in [-0.2, 0) is 0 Å². The van der Waals surface area contributed by atoms with Crippen molar-refractivity contribution in [2.45, 2.75) is 31.4 Å². The van der Waals surface area contributed by atoms with Crippen LogP contribution in [-0.4, -0.2) is 54.7 Å². The lowest BCUT2D eigenvalue weighted by molar-refractivity contribution is 0.102. The normalized spacial score (nSPS) is 22.1. The van der Waals surface area contributed by atoms with Crippen molar-refractivity contribution in [2.75, 3.05) is 33.7 Å². The molecule has 3 nitrogen and oxygen atoms in total. The van der Waals surface area contributed by atoms with E-state index in [1.54, 1.807) is 0 Å². The van der Waals surface area contributed by atoms with Crippen LogP contribution in [0.15, 0.2) is 28.7 Å². The minimum atomic E-state index is -0.384. The van der Waals surface area contributed by atoms with Crippen LogP contribution >= 0.6 is 15.9 Å². The van der Waals surface area contributed by atoms with E-state index < -0.39 is 0 Å². The predicted octanol–water partition coefficient (Wildman–Crippen LogP) is 2.90. The summed E-state index contributed by atoms with van der Waals surface area (Å²) in [5.41, 5.74) is 0.994. The van der Waals surface area contributed by atoms with E-state index in [2.05, 4.69) is 39.8 Å². The molecular weight excluding hydrogens is 316 g/mol. The van der Waals surface area contributed by atoms with E-state index in [0.717, 1.165) is 36.1 Å². The third-order valence-corrected chi connectivity index (χ3v) is 4.92. The predicted molar refractivity (Wildman–Crippen MR) is 86.9 cm³/mol. The minimum Gasteiger partial charge on any atom is -0.388 e. The second-order valence-corrected chi connectivity index (χ2v) is 6.74. The lowest BCUT2D eigenvalue weighted by Gasteiger charge is -2.36. The molecule has 0 amide bonds. The van der Waals surface area contributed by atoms with E-state index >= 15 is 0 Å². The average Bonchev–Trinajstić information content (AvgIpc) is 2.45. The van der Waals surface area contributed by atoms with Gasteiger partial charge >= 0.3 is 0 Å². The topological polar surface area (TPSA) is 26.7 Å². The second kappa shape index (κ2) is 7.55. The van der Waals surface area contributed by atoms with Crippen molar-refractivity contribution >= 4 is 15.9 Å². The smallest absolute Gasteiger partial charge is 0.0813 e. The van der Waals surface area contributed by atoms with Gasteiger partial charge in [-0.25, -0.2) is 0 Å². The third kappa shape index (κ3) is 4.29. The standard InChI is InChI=1S/C16H25BrN2O/c1-18(2)13-6-5-10-19(12-13)11-9-16(20)14-7-3-4-8-15(14)17/h3-4,7-8,13,16,20H,5-6,9-12H2,1-2H3. The first-order valence-corrected chi connectivity index (χ1v) is 8.18. The fourth-order valence-electron chi connectivity index (χ4n) is 2.86. The summed E-state index contributed by atoms with van der Waals surface area (Å²) >= 11 is 3.51. The van der Waals surface area contributed by atoms with Gasteiger partial charge in [0.15, 0.2) is 0 Å². The lowest BCUT2D eigenvalue weighted by Crippen LogP contribution is -2.45. The summed E-state index contributed by atoms with van der Waals surface area (Å²) in [5.74, 6) is 0. The van der Waals surface area contributed by atoms with Crippen molar-refractivity contribution in [1.82, 2.24) is 9.80 Å². The van der Waals surface area contributed by atoms with Gasteiger partial charge in [0, 0.05) is 23.6 Å². The molecule has 1 aliphatic rings. The SMILES string of the molecule is CN(C)C1CCCN(CCC(O)c2ccccc2Br)C1. The summed E-state index contributed by atoms with van der Waals surface area (Å²) in [6, 6.07) is 8.60. The third-order valence-electron chi connectivity index (χ3n) is 4.19. The van der Waals surface area contributed by atoms with Crippen molar-refractivity contribution in [2.24, 2.45) is 0 Å². The number of aliphatic hydroxyl groups excluding tert-OH is 1. The van der Waals surface area contributed by atoms with Crippen LogP contribution in [0, 0.1) is 0 Å². The molecule has 1 aromatic rings. The molecule has 0 bridgehead atoms. The zero-order valence-corrected chi connectivity index (χ0v) is 14.0. The molecule has 2 rings (SSSR count). The second-order valence-electron chi connectivity index (χ2n) is 5.89. The molecule has 1 fully saturated rings. The number of aliphatic hydroxyl groups is 1. The molecule has 1 N–H and O–H groups in total. The van der Waals surface area contributed by atoms with E-state index in [0.29, 0.717) is 6.04 Å². The van der Waals surface area contributed by atoms with Gasteiger partial charge in [0.1, 0.15) is 0 Å². The molecule has 1 aromatic carbocycles. The summed E-state index contributed by atoms with van der Waals surface area (Å²) in [7, 11) is 4.31. The largest absolute Gasteiger partial charge is 0.388 e. The Morgan fingerprint density at radius 1 is 1.40 bits per heavy atom. The Kier molecular flexibility index (Phi) is 6.02. The van der Waals surface area contributed by atoms with Crippen molar-refractivity contribution < 1.29 is 5.11 Å². The van der Waals surface area contributed by atoms with Gasteiger partial charge in [0.25, 0.3) is 0 Å². The zero-order valence-electron chi connectivity index (χ0n) is 12.4. The summed E-state index contributed by atoms with van der Waals surface area (Å²) in [4.78, 5) is 4.80. The number of hydrogen-bond acceptors (Lipinski definition) is 3. The fraction of sp³-hybridized carbons (Fsp3) is 0.625. The van der Waals surface area contributed by atoms with E-state index in [1.165, 1.54) is 12.8 Å². The first-order valence-electron chi connectivity index (χ1n) is 7.39. The van der Waals surface area contributed by atoms with Crippen LogP contribution in [0.5, 0.6) is 0 Å². The quantitative estimate of drug-likeness (QED) is 0.892. The minimum absolute atomic E-state index is 0.384. The van der Waals surface area contributed by atoms with Crippen LogP contribution in [0.25, 0.3) is 0 Å². The number of likely N-dealkylation sites (N-methyl/N-ethyl adjacent to an activating group) is 1. The molecule has 2 unspecified atom stereocenters. The molecule has 1 heterocycles. The van der Waals surface area contributed by atoms with E-state index in [9.17, 15) is 5.11 Å². The summed E-state index contributed by atoms with van der Waals surface area (Å²) < 4.78 is 0.998. The van der Waals surface area contributed by atoms with Gasteiger partial charge in [0.05, 0.1) is 6.10 Å². The maximum atomic E-state index is 10.3.